The molecule has 0 radical (unpaired) electrons. The second kappa shape index (κ2) is 8.18. The number of rotatable bonds is 4. The van der Waals surface area contributed by atoms with Gasteiger partial charge in [0, 0.05) is 18.2 Å². The fraction of sp³-hybridized carbons (Fsp3) is 0.120. The smallest absolute Gasteiger partial charge is 0.340 e. The van der Waals surface area contributed by atoms with Gasteiger partial charge in [-0.15, -0.1) is 10.2 Å². The van der Waals surface area contributed by atoms with Gasteiger partial charge < -0.3 is 13.7 Å². The van der Waals surface area contributed by atoms with Crippen molar-refractivity contribution in [3.8, 4) is 34.0 Å². The third kappa shape index (κ3) is 3.51. The molecule has 0 unspecified atom stereocenters. The molecule has 2 heterocycles. The average molecular weight is 460 g/mol. The molecule has 0 saturated heterocycles. The molecular weight excluding hydrogens is 442 g/mol. The predicted molar refractivity (Wildman–Crippen MR) is 121 cm³/mol. The van der Waals surface area contributed by atoms with Crippen LogP contribution < -0.4 is 0 Å². The first-order valence-corrected chi connectivity index (χ1v) is 10.3. The summed E-state index contributed by atoms with van der Waals surface area (Å²) in [7, 11) is 2.96. The third-order valence-electron chi connectivity index (χ3n) is 5.55. The van der Waals surface area contributed by atoms with Crippen molar-refractivity contribution in [1.82, 2.24) is 19.7 Å². The van der Waals surface area contributed by atoms with E-state index in [0.717, 1.165) is 11.1 Å². The molecular formula is C25H18F2N4O3. The highest BCUT2D eigenvalue weighted by Crippen LogP contribution is 2.35. The molecule has 0 saturated carbocycles. The molecule has 0 atom stereocenters. The Labute approximate surface area is 192 Å². The van der Waals surface area contributed by atoms with Gasteiger partial charge in [-0.25, -0.2) is 18.6 Å². The average Bonchev–Trinajstić information content (AvgIpc) is 3.48. The fourth-order valence-corrected chi connectivity index (χ4v) is 3.89. The quantitative estimate of drug-likeness (QED) is 0.337. The van der Waals surface area contributed by atoms with E-state index in [4.69, 9.17) is 4.42 Å². The Morgan fingerprint density at radius 1 is 1.06 bits per heavy atom. The molecule has 0 N–H and O–H groups in total. The molecule has 170 valence electrons. The van der Waals surface area contributed by atoms with E-state index in [1.54, 1.807) is 36.7 Å². The van der Waals surface area contributed by atoms with E-state index in [9.17, 15) is 13.6 Å². The molecule has 0 bridgehead atoms. The van der Waals surface area contributed by atoms with Crippen LogP contribution in [0.3, 0.4) is 0 Å². The number of halogens is 2. The minimum Gasteiger partial charge on any atom is -0.465 e. The first-order valence-electron chi connectivity index (χ1n) is 10.3. The van der Waals surface area contributed by atoms with Gasteiger partial charge in [-0.3, -0.25) is 0 Å². The van der Waals surface area contributed by atoms with Gasteiger partial charge in [0.1, 0.15) is 17.7 Å². The Morgan fingerprint density at radius 2 is 1.85 bits per heavy atom. The van der Waals surface area contributed by atoms with Crippen molar-refractivity contribution in [2.75, 3.05) is 7.11 Å². The van der Waals surface area contributed by atoms with E-state index in [1.807, 2.05) is 12.1 Å². The monoisotopic (exact) mass is 460 g/mol. The number of carbonyl (C=O) groups excluding carboxylic acids is 1. The molecule has 0 fully saturated rings. The van der Waals surface area contributed by atoms with Gasteiger partial charge in [0.2, 0.25) is 5.89 Å². The lowest BCUT2D eigenvalue weighted by molar-refractivity contribution is 0.0595. The normalized spacial score (nSPS) is 11.2. The van der Waals surface area contributed by atoms with Crippen LogP contribution in [0.5, 0.6) is 0 Å². The van der Waals surface area contributed by atoms with E-state index in [2.05, 4.69) is 19.9 Å². The number of methoxy groups -OCH3 is 1. The van der Waals surface area contributed by atoms with Crippen LogP contribution >= 0.6 is 0 Å². The summed E-state index contributed by atoms with van der Waals surface area (Å²) in [6.07, 6.45) is 1.54. The molecule has 0 aliphatic carbocycles. The highest BCUT2D eigenvalue weighted by atomic mass is 19.1. The van der Waals surface area contributed by atoms with Crippen molar-refractivity contribution in [3.63, 3.8) is 0 Å². The molecule has 2 aromatic heterocycles. The zero-order chi connectivity index (χ0) is 24.0. The number of benzene rings is 3. The van der Waals surface area contributed by atoms with Crippen molar-refractivity contribution < 1.29 is 22.7 Å². The zero-order valence-corrected chi connectivity index (χ0v) is 18.5. The van der Waals surface area contributed by atoms with E-state index in [-0.39, 0.29) is 22.6 Å². The maximum Gasteiger partial charge on any atom is 0.340 e. The van der Waals surface area contributed by atoms with Crippen LogP contribution in [0.4, 0.5) is 8.78 Å². The maximum atomic E-state index is 15.0. The van der Waals surface area contributed by atoms with E-state index in [0.29, 0.717) is 22.5 Å². The summed E-state index contributed by atoms with van der Waals surface area (Å²) in [5, 5.41) is 8.00. The number of aromatic nitrogens is 4. The van der Waals surface area contributed by atoms with Gasteiger partial charge in [0.25, 0.3) is 0 Å². The molecule has 7 nitrogen and oxygen atoms in total. The topological polar surface area (TPSA) is 83.0 Å². The standard InChI is InChI=1S/C25H18F2N4O3/c1-13-9-19(25(32)33-3)20(27)21-22(13)34-24(29-21)15-6-4-5-14(10-15)17-8-7-16(26)11-18(17)23-30-28-12-31(23)2/h4-12H,1-3H3. The lowest BCUT2D eigenvalue weighted by Crippen LogP contribution is -2.05. The number of esters is 1. The lowest BCUT2D eigenvalue weighted by Gasteiger charge is -2.10. The molecule has 0 spiro atoms. The van der Waals surface area contributed by atoms with Crippen molar-refractivity contribution >= 4 is 17.1 Å². The number of aryl methyl sites for hydroxylation is 2. The SMILES string of the molecule is COC(=O)c1cc(C)c2oc(-c3cccc(-c4ccc(F)cc4-c4nncn4C)c3)nc2c1F. The summed E-state index contributed by atoms with van der Waals surface area (Å²) in [6.45, 7) is 1.70. The van der Waals surface area contributed by atoms with E-state index in [1.165, 1.54) is 31.6 Å². The van der Waals surface area contributed by atoms with Gasteiger partial charge in [0.15, 0.2) is 17.2 Å². The molecule has 0 amide bonds. The van der Waals surface area contributed by atoms with Gasteiger partial charge in [-0.2, -0.15) is 0 Å². The number of hydrogen-bond donors (Lipinski definition) is 0. The number of ether oxygens (including phenoxy) is 1. The number of oxazole rings is 1. The first-order chi connectivity index (χ1) is 16.4. The number of carbonyl (C=O) groups is 1. The second-order valence-corrected chi connectivity index (χ2v) is 7.78. The summed E-state index contributed by atoms with van der Waals surface area (Å²) in [4.78, 5) is 16.2. The van der Waals surface area contributed by atoms with Crippen molar-refractivity contribution in [2.24, 2.45) is 7.05 Å². The summed E-state index contributed by atoms with van der Waals surface area (Å²) in [6, 6.07) is 13.1. The molecule has 9 heteroatoms. The van der Waals surface area contributed by atoms with Gasteiger partial charge in [-0.1, -0.05) is 18.2 Å². The van der Waals surface area contributed by atoms with Crippen LogP contribution in [0.1, 0.15) is 15.9 Å². The minimum atomic E-state index is -0.804. The van der Waals surface area contributed by atoms with Crippen molar-refractivity contribution in [2.45, 2.75) is 6.92 Å². The number of nitrogens with zero attached hydrogens (tertiary/aromatic N) is 4. The van der Waals surface area contributed by atoms with Crippen molar-refractivity contribution in [3.05, 3.63) is 77.6 Å². The molecule has 0 aliphatic heterocycles. The summed E-state index contributed by atoms with van der Waals surface area (Å²) < 4.78 is 41.3. The number of fused-ring (bicyclic) bond motifs is 1. The molecule has 34 heavy (non-hydrogen) atoms. The third-order valence-corrected chi connectivity index (χ3v) is 5.55. The van der Waals surface area contributed by atoms with Gasteiger partial charge in [-0.05, 0) is 53.9 Å². The largest absolute Gasteiger partial charge is 0.465 e. The highest BCUT2D eigenvalue weighted by molar-refractivity contribution is 5.95. The van der Waals surface area contributed by atoms with Crippen LogP contribution in [0, 0.1) is 18.6 Å². The maximum absolute atomic E-state index is 15.0. The fourth-order valence-electron chi connectivity index (χ4n) is 3.89. The van der Waals surface area contributed by atoms with E-state index >= 15 is 0 Å². The van der Waals surface area contributed by atoms with Gasteiger partial charge >= 0.3 is 5.97 Å². The molecule has 5 rings (SSSR count). The highest BCUT2D eigenvalue weighted by Gasteiger charge is 2.22. The van der Waals surface area contributed by atoms with Crippen LogP contribution in [0.15, 0.2) is 59.3 Å². The van der Waals surface area contributed by atoms with Crippen molar-refractivity contribution in [1.29, 1.82) is 0 Å². The summed E-state index contributed by atoms with van der Waals surface area (Å²) in [5.74, 6) is -1.30. The summed E-state index contributed by atoms with van der Waals surface area (Å²) in [5.41, 5.74) is 3.17. The Kier molecular flexibility index (Phi) is 5.16. The van der Waals surface area contributed by atoms with Crippen LogP contribution in [0.2, 0.25) is 0 Å². The van der Waals surface area contributed by atoms with E-state index < -0.39 is 17.6 Å². The Bertz CT molecular complexity index is 1570. The predicted octanol–water partition coefficient (Wildman–Crippen LogP) is 5.33. The Morgan fingerprint density at radius 3 is 2.59 bits per heavy atom. The first kappa shape index (κ1) is 21.4. The molecule has 5 aromatic rings. The number of hydrogen-bond acceptors (Lipinski definition) is 6. The van der Waals surface area contributed by atoms with Crippen LogP contribution in [-0.4, -0.2) is 32.8 Å². The van der Waals surface area contributed by atoms with Crippen LogP contribution in [0.25, 0.3) is 45.1 Å². The Hall–Kier alpha value is -4.40. The Balaban J connectivity index is 1.64. The zero-order valence-electron chi connectivity index (χ0n) is 18.5. The lowest BCUT2D eigenvalue weighted by atomic mass is 9.97. The van der Waals surface area contributed by atoms with Crippen LogP contribution in [-0.2, 0) is 11.8 Å². The molecule has 3 aromatic carbocycles. The second-order valence-electron chi connectivity index (χ2n) is 7.78. The van der Waals surface area contributed by atoms with Gasteiger partial charge in [0.05, 0.1) is 12.7 Å². The minimum absolute atomic E-state index is 0.0534. The summed E-state index contributed by atoms with van der Waals surface area (Å²) >= 11 is 0. The molecule has 0 aliphatic rings.